The molecule has 2 aromatic rings. The molecule has 0 bridgehead atoms. The third-order valence-electron chi connectivity index (χ3n) is 4.03. The molecule has 2 aromatic carbocycles. The van der Waals surface area contributed by atoms with Crippen LogP contribution in [0.1, 0.15) is 35.3 Å². The monoisotopic (exact) mass is 434 g/mol. The van der Waals surface area contributed by atoms with Gasteiger partial charge in [-0.25, -0.2) is 0 Å². The molecule has 0 fully saturated rings. The molecule has 2 rings (SSSR count). The second-order valence-corrected chi connectivity index (χ2v) is 6.83. The van der Waals surface area contributed by atoms with Crippen LogP contribution in [-0.2, 0) is 4.79 Å². The zero-order chi connectivity index (χ0) is 19.8. The summed E-state index contributed by atoms with van der Waals surface area (Å²) < 4.78 is 11.4. The summed E-state index contributed by atoms with van der Waals surface area (Å²) in [5, 5.41) is 5.66. The van der Waals surface area contributed by atoms with Gasteiger partial charge in [0.25, 0.3) is 5.91 Å². The van der Waals surface area contributed by atoms with Crippen LogP contribution < -0.4 is 20.1 Å². The molecule has 0 aromatic heterocycles. The Morgan fingerprint density at radius 2 is 1.70 bits per heavy atom. The van der Waals surface area contributed by atoms with Crippen LogP contribution in [-0.4, -0.2) is 32.6 Å². The molecular formula is C20H23BrN2O4. The molecule has 0 saturated carbocycles. The first-order valence-corrected chi connectivity index (χ1v) is 9.29. The number of nitrogens with one attached hydrogen (secondary N) is 2. The fraction of sp³-hybridized carbons (Fsp3) is 0.300. The molecule has 27 heavy (non-hydrogen) atoms. The van der Waals surface area contributed by atoms with Crippen LogP contribution in [0, 0.1) is 0 Å². The van der Waals surface area contributed by atoms with Crippen molar-refractivity contribution in [2.24, 2.45) is 0 Å². The van der Waals surface area contributed by atoms with Gasteiger partial charge in [-0.15, -0.1) is 0 Å². The minimum atomic E-state index is -0.205. The highest BCUT2D eigenvalue weighted by atomic mass is 79.9. The zero-order valence-corrected chi connectivity index (χ0v) is 17.1. The van der Waals surface area contributed by atoms with Crippen molar-refractivity contribution in [3.05, 3.63) is 58.1 Å². The Bertz CT molecular complexity index is 793. The van der Waals surface area contributed by atoms with Crippen LogP contribution in [0.3, 0.4) is 0 Å². The van der Waals surface area contributed by atoms with Crippen molar-refractivity contribution in [1.29, 1.82) is 0 Å². The van der Waals surface area contributed by atoms with Crippen molar-refractivity contribution in [2.45, 2.75) is 19.4 Å². The molecule has 2 amide bonds. The third-order valence-corrected chi connectivity index (χ3v) is 4.56. The van der Waals surface area contributed by atoms with E-state index in [0.717, 1.165) is 10.0 Å². The number of carbonyl (C=O) groups is 2. The van der Waals surface area contributed by atoms with Crippen LogP contribution in [0.25, 0.3) is 0 Å². The smallest absolute Gasteiger partial charge is 0.251 e. The molecule has 2 N–H and O–H groups in total. The number of methoxy groups -OCH3 is 2. The van der Waals surface area contributed by atoms with E-state index < -0.39 is 0 Å². The minimum Gasteiger partial charge on any atom is -0.493 e. The fourth-order valence-electron chi connectivity index (χ4n) is 2.51. The molecule has 6 nitrogen and oxygen atoms in total. The normalized spacial score (nSPS) is 11.4. The summed E-state index contributed by atoms with van der Waals surface area (Å²) >= 11 is 3.33. The van der Waals surface area contributed by atoms with E-state index in [1.54, 1.807) is 44.6 Å². The number of ether oxygens (including phenoxy) is 2. The van der Waals surface area contributed by atoms with Crippen molar-refractivity contribution in [3.63, 3.8) is 0 Å². The number of benzene rings is 2. The van der Waals surface area contributed by atoms with E-state index in [4.69, 9.17) is 9.47 Å². The highest BCUT2D eigenvalue weighted by Crippen LogP contribution is 2.29. The van der Waals surface area contributed by atoms with E-state index >= 15 is 0 Å². The average Bonchev–Trinajstić information content (AvgIpc) is 2.67. The predicted molar refractivity (Wildman–Crippen MR) is 107 cm³/mol. The fourth-order valence-corrected chi connectivity index (χ4v) is 2.78. The van der Waals surface area contributed by atoms with Gasteiger partial charge in [-0.3, -0.25) is 9.59 Å². The van der Waals surface area contributed by atoms with Crippen molar-refractivity contribution in [2.75, 3.05) is 20.8 Å². The van der Waals surface area contributed by atoms with Gasteiger partial charge in [-0.2, -0.15) is 0 Å². The van der Waals surface area contributed by atoms with Crippen LogP contribution in [0.15, 0.2) is 46.9 Å². The van der Waals surface area contributed by atoms with Crippen molar-refractivity contribution in [3.8, 4) is 11.5 Å². The van der Waals surface area contributed by atoms with Crippen molar-refractivity contribution >= 4 is 27.7 Å². The molecule has 0 aliphatic rings. The summed E-state index contributed by atoms with van der Waals surface area (Å²) in [5.41, 5.74) is 1.46. The quantitative estimate of drug-likeness (QED) is 0.666. The number of hydrogen-bond donors (Lipinski definition) is 2. The standard InChI is InChI=1S/C20H23BrN2O4/c1-13(15-6-9-17(26-2)18(12-15)27-3)23-19(24)10-11-22-20(25)14-4-7-16(21)8-5-14/h4-9,12-13H,10-11H2,1-3H3,(H,22,25)(H,23,24). The molecule has 0 aliphatic carbocycles. The Morgan fingerprint density at radius 1 is 1.04 bits per heavy atom. The number of carbonyl (C=O) groups excluding carboxylic acids is 2. The van der Waals surface area contributed by atoms with E-state index in [-0.39, 0.29) is 30.8 Å². The number of amides is 2. The molecule has 1 atom stereocenters. The van der Waals surface area contributed by atoms with E-state index in [1.807, 2.05) is 19.1 Å². The lowest BCUT2D eigenvalue weighted by Crippen LogP contribution is -2.32. The summed E-state index contributed by atoms with van der Waals surface area (Å²) in [6.45, 7) is 2.15. The lowest BCUT2D eigenvalue weighted by molar-refractivity contribution is -0.121. The van der Waals surface area contributed by atoms with Gasteiger partial charge in [0.15, 0.2) is 11.5 Å². The minimum absolute atomic E-state index is 0.145. The van der Waals surface area contributed by atoms with Crippen LogP contribution in [0.5, 0.6) is 11.5 Å². The van der Waals surface area contributed by atoms with Crippen molar-refractivity contribution in [1.82, 2.24) is 10.6 Å². The van der Waals surface area contributed by atoms with Gasteiger partial charge in [-0.1, -0.05) is 22.0 Å². The SMILES string of the molecule is COc1ccc(C(C)NC(=O)CCNC(=O)c2ccc(Br)cc2)cc1OC. The maximum Gasteiger partial charge on any atom is 0.251 e. The van der Waals surface area contributed by atoms with Gasteiger partial charge in [0, 0.05) is 23.0 Å². The second-order valence-electron chi connectivity index (χ2n) is 5.92. The van der Waals surface area contributed by atoms with Crippen molar-refractivity contribution < 1.29 is 19.1 Å². The Morgan fingerprint density at radius 3 is 2.33 bits per heavy atom. The lowest BCUT2D eigenvalue weighted by Gasteiger charge is -2.16. The zero-order valence-electron chi connectivity index (χ0n) is 15.5. The number of halogens is 1. The second kappa shape index (κ2) is 9.97. The first-order valence-electron chi connectivity index (χ1n) is 8.49. The van der Waals surface area contributed by atoms with Crippen LogP contribution in [0.4, 0.5) is 0 Å². The maximum absolute atomic E-state index is 12.1. The van der Waals surface area contributed by atoms with Gasteiger partial charge in [0.05, 0.1) is 20.3 Å². The summed E-state index contributed by atoms with van der Waals surface area (Å²) in [6.07, 6.45) is 0.194. The van der Waals surface area contributed by atoms with Gasteiger partial charge < -0.3 is 20.1 Å². The summed E-state index contributed by atoms with van der Waals surface area (Å²) in [4.78, 5) is 24.2. The Hall–Kier alpha value is -2.54. The topological polar surface area (TPSA) is 76.7 Å². The van der Waals surface area contributed by atoms with E-state index in [1.165, 1.54) is 0 Å². The Labute approximate surface area is 167 Å². The highest BCUT2D eigenvalue weighted by molar-refractivity contribution is 9.10. The molecule has 0 saturated heterocycles. The third kappa shape index (κ3) is 5.99. The highest BCUT2D eigenvalue weighted by Gasteiger charge is 2.13. The molecular weight excluding hydrogens is 412 g/mol. The summed E-state index contributed by atoms with van der Waals surface area (Å²) in [7, 11) is 3.14. The van der Waals surface area contributed by atoms with Crippen LogP contribution in [0.2, 0.25) is 0 Å². The Kier molecular flexibility index (Phi) is 7.67. The largest absolute Gasteiger partial charge is 0.493 e. The van der Waals surface area contributed by atoms with Gasteiger partial charge >= 0.3 is 0 Å². The molecule has 7 heteroatoms. The summed E-state index contributed by atoms with van der Waals surface area (Å²) in [5.74, 6) is 0.893. The molecule has 1 unspecified atom stereocenters. The first-order chi connectivity index (χ1) is 12.9. The summed E-state index contributed by atoms with van der Waals surface area (Å²) in [6, 6.07) is 12.4. The molecule has 0 heterocycles. The maximum atomic E-state index is 12.1. The van der Waals surface area contributed by atoms with E-state index in [2.05, 4.69) is 26.6 Å². The lowest BCUT2D eigenvalue weighted by atomic mass is 10.1. The number of hydrogen-bond acceptors (Lipinski definition) is 4. The van der Waals surface area contributed by atoms with Crippen LogP contribution >= 0.6 is 15.9 Å². The van der Waals surface area contributed by atoms with E-state index in [9.17, 15) is 9.59 Å². The Balaban J connectivity index is 1.83. The number of rotatable bonds is 8. The predicted octanol–water partition coefficient (Wildman–Crippen LogP) is 3.46. The molecule has 0 radical (unpaired) electrons. The first kappa shape index (κ1) is 20.8. The van der Waals surface area contributed by atoms with E-state index in [0.29, 0.717) is 17.1 Å². The molecule has 144 valence electrons. The molecule has 0 spiro atoms. The van der Waals surface area contributed by atoms with Gasteiger partial charge in [0.2, 0.25) is 5.91 Å². The van der Waals surface area contributed by atoms with Gasteiger partial charge in [0.1, 0.15) is 0 Å². The average molecular weight is 435 g/mol. The molecule has 0 aliphatic heterocycles. The van der Waals surface area contributed by atoms with Gasteiger partial charge in [-0.05, 0) is 48.9 Å².